The maximum atomic E-state index is 12.7. The number of sulfone groups is 1. The number of carbonyl (C=O) groups excluding carboxylic acids is 1. The molecule has 0 bridgehead atoms. The number of nitrogens with one attached hydrogen (secondary N) is 1. The average Bonchev–Trinajstić information content (AvgIpc) is 3.18. The molecule has 0 spiro atoms. The Morgan fingerprint density at radius 2 is 2.04 bits per heavy atom. The lowest BCUT2D eigenvalue weighted by molar-refractivity contribution is 0.0708. The molecule has 7 heteroatoms. The SMILES string of the molecule is CCN(C(=O)c1ccc(-c2ccn[nH]2)cc1)C1CCS(=O)(=O)C1. The molecule has 1 fully saturated rings. The highest BCUT2D eigenvalue weighted by Crippen LogP contribution is 2.21. The number of aromatic amines is 1. The predicted molar refractivity (Wildman–Crippen MR) is 87.8 cm³/mol. The number of hydrogen-bond acceptors (Lipinski definition) is 4. The molecular weight excluding hydrogens is 314 g/mol. The van der Waals surface area contributed by atoms with Gasteiger partial charge in [0, 0.05) is 24.3 Å². The molecule has 1 saturated heterocycles. The summed E-state index contributed by atoms with van der Waals surface area (Å²) in [6, 6.07) is 8.90. The minimum atomic E-state index is -3.01. The zero-order chi connectivity index (χ0) is 16.4. The largest absolute Gasteiger partial charge is 0.335 e. The molecule has 1 N–H and O–H groups in total. The molecule has 0 saturated carbocycles. The monoisotopic (exact) mass is 333 g/mol. The Balaban J connectivity index is 1.78. The van der Waals surface area contributed by atoms with Gasteiger partial charge in [0.05, 0.1) is 17.2 Å². The number of H-pyrrole nitrogens is 1. The van der Waals surface area contributed by atoms with Crippen molar-refractivity contribution in [2.24, 2.45) is 0 Å². The summed E-state index contributed by atoms with van der Waals surface area (Å²) in [6.07, 6.45) is 2.20. The number of nitrogens with zero attached hydrogens (tertiary/aromatic N) is 2. The van der Waals surface area contributed by atoms with Gasteiger partial charge in [-0.1, -0.05) is 12.1 Å². The highest BCUT2D eigenvalue weighted by molar-refractivity contribution is 7.91. The van der Waals surface area contributed by atoms with Gasteiger partial charge in [-0.15, -0.1) is 0 Å². The van der Waals surface area contributed by atoms with Crippen LogP contribution in [0.2, 0.25) is 0 Å². The molecule has 23 heavy (non-hydrogen) atoms. The molecule has 0 aliphatic carbocycles. The van der Waals surface area contributed by atoms with Crippen molar-refractivity contribution >= 4 is 15.7 Å². The number of carbonyl (C=O) groups is 1. The molecular formula is C16H19N3O3S. The lowest BCUT2D eigenvalue weighted by Gasteiger charge is -2.27. The first kappa shape index (κ1) is 15.7. The third-order valence-corrected chi connectivity index (χ3v) is 5.94. The average molecular weight is 333 g/mol. The van der Waals surface area contributed by atoms with E-state index in [2.05, 4.69) is 10.2 Å². The summed E-state index contributed by atoms with van der Waals surface area (Å²) in [5.41, 5.74) is 2.41. The van der Waals surface area contributed by atoms with Crippen molar-refractivity contribution in [2.45, 2.75) is 19.4 Å². The van der Waals surface area contributed by atoms with E-state index >= 15 is 0 Å². The molecule has 1 aromatic heterocycles. The maximum absolute atomic E-state index is 12.7. The second kappa shape index (κ2) is 6.16. The summed E-state index contributed by atoms with van der Waals surface area (Å²) < 4.78 is 23.3. The highest BCUT2D eigenvalue weighted by atomic mass is 32.2. The fourth-order valence-electron chi connectivity index (χ4n) is 2.96. The highest BCUT2D eigenvalue weighted by Gasteiger charge is 2.34. The van der Waals surface area contributed by atoms with E-state index in [4.69, 9.17) is 0 Å². The van der Waals surface area contributed by atoms with Gasteiger partial charge in [0.15, 0.2) is 9.84 Å². The molecule has 1 aliphatic heterocycles. The van der Waals surface area contributed by atoms with Gasteiger partial charge >= 0.3 is 0 Å². The Kier molecular flexibility index (Phi) is 4.21. The molecule has 122 valence electrons. The Hall–Kier alpha value is -2.15. The van der Waals surface area contributed by atoms with Crippen molar-refractivity contribution in [3.8, 4) is 11.3 Å². The molecule has 0 radical (unpaired) electrons. The van der Waals surface area contributed by atoms with Crippen molar-refractivity contribution in [3.63, 3.8) is 0 Å². The van der Waals surface area contributed by atoms with Crippen LogP contribution in [0.5, 0.6) is 0 Å². The van der Waals surface area contributed by atoms with Crippen molar-refractivity contribution in [2.75, 3.05) is 18.1 Å². The topological polar surface area (TPSA) is 83.1 Å². The predicted octanol–water partition coefficient (Wildman–Crippen LogP) is 1.73. The van der Waals surface area contributed by atoms with Crippen molar-refractivity contribution in [1.29, 1.82) is 0 Å². The second-order valence-corrected chi connectivity index (χ2v) is 7.92. The fraction of sp³-hybridized carbons (Fsp3) is 0.375. The quantitative estimate of drug-likeness (QED) is 0.923. The zero-order valence-electron chi connectivity index (χ0n) is 12.9. The number of hydrogen-bond donors (Lipinski definition) is 1. The van der Waals surface area contributed by atoms with E-state index < -0.39 is 9.84 Å². The van der Waals surface area contributed by atoms with E-state index in [1.807, 2.05) is 25.1 Å². The van der Waals surface area contributed by atoms with Gasteiger partial charge in [-0.05, 0) is 37.1 Å². The molecule has 3 rings (SSSR count). The lowest BCUT2D eigenvalue weighted by atomic mass is 10.1. The van der Waals surface area contributed by atoms with Crippen molar-refractivity contribution in [3.05, 3.63) is 42.1 Å². The van der Waals surface area contributed by atoms with Crippen LogP contribution >= 0.6 is 0 Å². The van der Waals surface area contributed by atoms with Crippen LogP contribution in [0, 0.1) is 0 Å². The summed E-state index contributed by atoms with van der Waals surface area (Å²) in [6.45, 7) is 2.38. The Bertz CT molecular complexity index is 782. The van der Waals surface area contributed by atoms with Crippen LogP contribution in [-0.4, -0.2) is 53.5 Å². The normalized spacial score (nSPS) is 19.6. The lowest BCUT2D eigenvalue weighted by Crippen LogP contribution is -2.40. The number of rotatable bonds is 4. The maximum Gasteiger partial charge on any atom is 0.254 e. The first-order chi connectivity index (χ1) is 11.0. The van der Waals surface area contributed by atoms with Crippen LogP contribution < -0.4 is 0 Å². The van der Waals surface area contributed by atoms with E-state index in [9.17, 15) is 13.2 Å². The van der Waals surface area contributed by atoms with E-state index in [-0.39, 0.29) is 23.5 Å². The van der Waals surface area contributed by atoms with Crippen LogP contribution in [-0.2, 0) is 9.84 Å². The van der Waals surface area contributed by atoms with Crippen molar-refractivity contribution < 1.29 is 13.2 Å². The summed E-state index contributed by atoms with van der Waals surface area (Å²) in [5.74, 6) is 0.115. The summed E-state index contributed by atoms with van der Waals surface area (Å²) in [5, 5.41) is 6.78. The third kappa shape index (κ3) is 3.29. The molecule has 6 nitrogen and oxygen atoms in total. The zero-order valence-corrected chi connectivity index (χ0v) is 13.7. The van der Waals surface area contributed by atoms with E-state index in [0.717, 1.165) is 11.3 Å². The molecule has 1 aromatic carbocycles. The number of aromatic nitrogens is 2. The molecule has 2 heterocycles. The van der Waals surface area contributed by atoms with Gasteiger partial charge in [0.1, 0.15) is 0 Å². The van der Waals surface area contributed by atoms with Crippen molar-refractivity contribution in [1.82, 2.24) is 15.1 Å². The molecule has 1 atom stereocenters. The summed E-state index contributed by atoms with van der Waals surface area (Å²) in [4.78, 5) is 14.3. The molecule has 2 aromatic rings. The van der Waals surface area contributed by atoms with E-state index in [0.29, 0.717) is 18.5 Å². The van der Waals surface area contributed by atoms with Gasteiger partial charge in [-0.25, -0.2) is 8.42 Å². The van der Waals surface area contributed by atoms with Gasteiger partial charge in [0.2, 0.25) is 0 Å². The Morgan fingerprint density at radius 1 is 1.30 bits per heavy atom. The van der Waals surface area contributed by atoms with Crippen LogP contribution in [0.15, 0.2) is 36.5 Å². The summed E-state index contributed by atoms with van der Waals surface area (Å²) in [7, 11) is -3.01. The number of benzene rings is 1. The molecule has 1 aliphatic rings. The minimum Gasteiger partial charge on any atom is -0.335 e. The standard InChI is InChI=1S/C16H19N3O3S/c1-2-19(14-8-10-23(21,22)11-14)16(20)13-5-3-12(4-6-13)15-7-9-17-18-15/h3-7,9,14H,2,8,10-11H2,1H3,(H,17,18). The van der Waals surface area contributed by atoms with Gasteiger partial charge in [-0.3, -0.25) is 9.89 Å². The Morgan fingerprint density at radius 3 is 2.57 bits per heavy atom. The van der Waals surface area contributed by atoms with Crippen LogP contribution in [0.1, 0.15) is 23.7 Å². The van der Waals surface area contributed by atoms with Gasteiger partial charge in [-0.2, -0.15) is 5.10 Å². The smallest absolute Gasteiger partial charge is 0.254 e. The first-order valence-corrected chi connectivity index (χ1v) is 9.43. The third-order valence-electron chi connectivity index (χ3n) is 4.19. The first-order valence-electron chi connectivity index (χ1n) is 7.61. The van der Waals surface area contributed by atoms with Gasteiger partial charge in [0.25, 0.3) is 5.91 Å². The minimum absolute atomic E-state index is 0.0683. The van der Waals surface area contributed by atoms with Crippen LogP contribution in [0.4, 0.5) is 0 Å². The molecule has 1 amide bonds. The van der Waals surface area contributed by atoms with Crippen LogP contribution in [0.3, 0.4) is 0 Å². The Labute approximate surface area is 135 Å². The van der Waals surface area contributed by atoms with Crippen LogP contribution in [0.25, 0.3) is 11.3 Å². The second-order valence-electron chi connectivity index (χ2n) is 5.70. The van der Waals surface area contributed by atoms with Gasteiger partial charge < -0.3 is 4.90 Å². The number of amides is 1. The molecule has 1 unspecified atom stereocenters. The van der Waals surface area contributed by atoms with E-state index in [1.54, 1.807) is 23.2 Å². The van der Waals surface area contributed by atoms with E-state index in [1.165, 1.54) is 0 Å². The summed E-state index contributed by atoms with van der Waals surface area (Å²) >= 11 is 0. The fourth-order valence-corrected chi connectivity index (χ4v) is 4.69.